The van der Waals surface area contributed by atoms with Gasteiger partial charge >= 0.3 is 0 Å². The van der Waals surface area contributed by atoms with Crippen molar-refractivity contribution in [1.82, 2.24) is 19.9 Å². The maximum absolute atomic E-state index is 12.7. The molecule has 3 N–H and O–H groups in total. The lowest BCUT2D eigenvalue weighted by Gasteiger charge is -2.35. The number of hydrogen-bond donors (Lipinski definition) is 3. The molecule has 9 heteroatoms. The van der Waals surface area contributed by atoms with Gasteiger partial charge in [-0.05, 0) is 61.9 Å². The van der Waals surface area contributed by atoms with E-state index in [-0.39, 0.29) is 11.7 Å². The Morgan fingerprint density at radius 3 is 2.71 bits per heavy atom. The van der Waals surface area contributed by atoms with Gasteiger partial charge in [0.25, 0.3) is 0 Å². The summed E-state index contributed by atoms with van der Waals surface area (Å²) in [4.78, 5) is 17.2. The standard InChI is InChI=1S/C22H26N6O2S/c1-28(22-19-9-11-24-21(19)25-14-26-22)18-5-2-15(3-6-18)13-31(29,30)27-17-4-7-20-16(12-17)8-10-23-20/h4,7-12,14-15,18,23,27H,2-3,5-6,13H2,1H3,(H,24,25,26). The van der Waals surface area contributed by atoms with Crippen LogP contribution in [0.3, 0.4) is 0 Å². The first kappa shape index (κ1) is 19.9. The Kier molecular flexibility index (Phi) is 5.05. The zero-order valence-electron chi connectivity index (χ0n) is 17.4. The summed E-state index contributed by atoms with van der Waals surface area (Å²) in [7, 11) is -1.33. The minimum Gasteiger partial charge on any atom is -0.361 e. The molecule has 1 fully saturated rings. The van der Waals surface area contributed by atoms with Crippen LogP contribution >= 0.6 is 0 Å². The van der Waals surface area contributed by atoms with Gasteiger partial charge in [0.1, 0.15) is 17.8 Å². The number of fused-ring (bicyclic) bond motifs is 2. The molecule has 0 atom stereocenters. The van der Waals surface area contributed by atoms with Gasteiger partial charge in [0.05, 0.1) is 11.1 Å². The van der Waals surface area contributed by atoms with E-state index in [1.165, 1.54) is 0 Å². The molecule has 4 aromatic rings. The lowest BCUT2D eigenvalue weighted by Crippen LogP contribution is -2.37. The zero-order valence-corrected chi connectivity index (χ0v) is 18.2. The number of anilines is 2. The summed E-state index contributed by atoms with van der Waals surface area (Å²) in [5.74, 6) is 1.24. The Balaban J connectivity index is 1.20. The van der Waals surface area contributed by atoms with E-state index in [4.69, 9.17) is 0 Å². The fourth-order valence-electron chi connectivity index (χ4n) is 4.66. The number of aromatic nitrogens is 4. The number of aromatic amines is 2. The zero-order chi connectivity index (χ0) is 21.4. The fourth-order valence-corrected chi connectivity index (χ4v) is 6.18. The molecule has 162 valence electrons. The summed E-state index contributed by atoms with van der Waals surface area (Å²) in [5, 5.41) is 2.00. The van der Waals surface area contributed by atoms with E-state index in [1.807, 2.05) is 36.7 Å². The van der Waals surface area contributed by atoms with Crippen LogP contribution < -0.4 is 9.62 Å². The van der Waals surface area contributed by atoms with Crippen molar-refractivity contribution in [2.45, 2.75) is 31.7 Å². The van der Waals surface area contributed by atoms with Crippen molar-refractivity contribution >= 4 is 43.5 Å². The number of benzene rings is 1. The van der Waals surface area contributed by atoms with E-state index in [0.29, 0.717) is 11.7 Å². The van der Waals surface area contributed by atoms with E-state index >= 15 is 0 Å². The predicted molar refractivity (Wildman–Crippen MR) is 124 cm³/mol. The molecule has 1 saturated carbocycles. The quantitative estimate of drug-likeness (QED) is 0.424. The Hall–Kier alpha value is -3.07. The van der Waals surface area contributed by atoms with Gasteiger partial charge in [-0.2, -0.15) is 0 Å². The van der Waals surface area contributed by atoms with Gasteiger partial charge in [-0.1, -0.05) is 0 Å². The molecule has 0 unspecified atom stereocenters. The Morgan fingerprint density at radius 2 is 1.87 bits per heavy atom. The lowest BCUT2D eigenvalue weighted by molar-refractivity contribution is 0.341. The second-order valence-corrected chi connectivity index (χ2v) is 10.2. The topological polar surface area (TPSA) is 107 Å². The van der Waals surface area contributed by atoms with Crippen molar-refractivity contribution in [3.05, 3.63) is 49.1 Å². The molecule has 3 aromatic heterocycles. The first-order valence-corrected chi connectivity index (χ1v) is 12.2. The van der Waals surface area contributed by atoms with Crippen molar-refractivity contribution in [2.24, 2.45) is 5.92 Å². The molecule has 5 rings (SSSR count). The van der Waals surface area contributed by atoms with Crippen molar-refractivity contribution < 1.29 is 8.42 Å². The van der Waals surface area contributed by atoms with Crippen LogP contribution in [0.5, 0.6) is 0 Å². The van der Waals surface area contributed by atoms with Crippen LogP contribution in [0.2, 0.25) is 0 Å². The summed E-state index contributed by atoms with van der Waals surface area (Å²) < 4.78 is 28.2. The van der Waals surface area contributed by atoms with Gasteiger partial charge in [-0.25, -0.2) is 18.4 Å². The van der Waals surface area contributed by atoms with Crippen molar-refractivity contribution in [2.75, 3.05) is 22.4 Å². The summed E-state index contributed by atoms with van der Waals surface area (Å²) in [5.41, 5.74) is 2.44. The molecule has 3 heterocycles. The van der Waals surface area contributed by atoms with E-state index in [2.05, 4.69) is 36.6 Å². The Bertz CT molecular complexity index is 1300. The number of sulfonamides is 1. The first-order chi connectivity index (χ1) is 15.0. The highest BCUT2D eigenvalue weighted by atomic mass is 32.2. The van der Waals surface area contributed by atoms with Crippen LogP contribution in [-0.2, 0) is 10.0 Å². The average Bonchev–Trinajstić information content (AvgIpc) is 3.42. The van der Waals surface area contributed by atoms with Crippen LogP contribution in [0.15, 0.2) is 49.1 Å². The summed E-state index contributed by atoms with van der Waals surface area (Å²) in [6, 6.07) is 9.82. The van der Waals surface area contributed by atoms with Crippen LogP contribution in [0.1, 0.15) is 25.7 Å². The van der Waals surface area contributed by atoms with Crippen LogP contribution in [0, 0.1) is 5.92 Å². The van der Waals surface area contributed by atoms with Gasteiger partial charge in [-0.3, -0.25) is 4.72 Å². The van der Waals surface area contributed by atoms with E-state index < -0.39 is 10.0 Å². The number of H-pyrrole nitrogens is 2. The fraction of sp³-hybridized carbons (Fsp3) is 0.364. The largest absolute Gasteiger partial charge is 0.361 e. The first-order valence-electron chi connectivity index (χ1n) is 10.6. The summed E-state index contributed by atoms with van der Waals surface area (Å²) >= 11 is 0. The number of rotatable bonds is 6. The highest BCUT2D eigenvalue weighted by Crippen LogP contribution is 2.32. The molecule has 1 aromatic carbocycles. The molecular formula is C22H26N6O2S. The molecule has 0 bridgehead atoms. The minimum atomic E-state index is -3.40. The van der Waals surface area contributed by atoms with Gasteiger partial charge in [0.15, 0.2) is 0 Å². The number of nitrogens with one attached hydrogen (secondary N) is 3. The molecule has 0 amide bonds. The SMILES string of the molecule is CN(c1ncnc2[nH]ccc12)C1CCC(CS(=O)(=O)Nc2ccc3[nH]ccc3c2)CC1. The lowest BCUT2D eigenvalue weighted by atomic mass is 9.86. The minimum absolute atomic E-state index is 0.157. The smallest absolute Gasteiger partial charge is 0.232 e. The van der Waals surface area contributed by atoms with Crippen LogP contribution in [-0.4, -0.2) is 47.2 Å². The molecule has 1 aliphatic rings. The average molecular weight is 439 g/mol. The third-order valence-corrected chi connectivity index (χ3v) is 7.77. The molecular weight excluding hydrogens is 412 g/mol. The Labute approximate surface area is 181 Å². The van der Waals surface area contributed by atoms with Gasteiger partial charge in [0.2, 0.25) is 10.0 Å². The van der Waals surface area contributed by atoms with Crippen molar-refractivity contribution in [3.8, 4) is 0 Å². The number of nitrogens with zero attached hydrogens (tertiary/aromatic N) is 3. The highest BCUT2D eigenvalue weighted by molar-refractivity contribution is 7.92. The molecule has 31 heavy (non-hydrogen) atoms. The molecule has 0 saturated heterocycles. The molecule has 1 aliphatic carbocycles. The van der Waals surface area contributed by atoms with Gasteiger partial charge in [-0.15, -0.1) is 0 Å². The summed E-state index contributed by atoms with van der Waals surface area (Å²) in [6.07, 6.45) is 8.96. The maximum atomic E-state index is 12.7. The van der Waals surface area contributed by atoms with Gasteiger partial charge in [0, 0.05) is 42.1 Å². The van der Waals surface area contributed by atoms with E-state index in [9.17, 15) is 8.42 Å². The van der Waals surface area contributed by atoms with E-state index in [0.717, 1.165) is 53.4 Å². The van der Waals surface area contributed by atoms with Gasteiger partial charge < -0.3 is 14.9 Å². The van der Waals surface area contributed by atoms with Crippen LogP contribution in [0.4, 0.5) is 11.5 Å². The normalized spacial score (nSPS) is 19.6. The molecule has 0 aliphatic heterocycles. The van der Waals surface area contributed by atoms with Crippen LogP contribution in [0.25, 0.3) is 21.9 Å². The van der Waals surface area contributed by atoms with Crippen molar-refractivity contribution in [1.29, 1.82) is 0 Å². The Morgan fingerprint density at radius 1 is 1.06 bits per heavy atom. The van der Waals surface area contributed by atoms with E-state index in [1.54, 1.807) is 12.4 Å². The third kappa shape index (κ3) is 4.10. The third-order valence-electron chi connectivity index (χ3n) is 6.31. The second kappa shape index (κ2) is 7.88. The van der Waals surface area contributed by atoms with Crippen molar-refractivity contribution in [3.63, 3.8) is 0 Å². The summed E-state index contributed by atoms with van der Waals surface area (Å²) in [6.45, 7) is 0. The monoisotopic (exact) mass is 438 g/mol. The highest BCUT2D eigenvalue weighted by Gasteiger charge is 2.28. The predicted octanol–water partition coefficient (Wildman–Crippen LogP) is 3.88. The molecule has 0 spiro atoms. The number of hydrogen-bond acceptors (Lipinski definition) is 5. The molecule has 0 radical (unpaired) electrons. The molecule has 8 nitrogen and oxygen atoms in total. The maximum Gasteiger partial charge on any atom is 0.232 e. The second-order valence-electron chi connectivity index (χ2n) is 8.39.